The van der Waals surface area contributed by atoms with Crippen LogP contribution in [0.1, 0.15) is 42.6 Å². The highest BCUT2D eigenvalue weighted by Gasteiger charge is 2.28. The van der Waals surface area contributed by atoms with Crippen LogP contribution in [-0.4, -0.2) is 53.3 Å². The summed E-state index contributed by atoms with van der Waals surface area (Å²) < 4.78 is 18.4. The van der Waals surface area contributed by atoms with Crippen molar-refractivity contribution in [1.29, 1.82) is 0 Å². The number of phenols is 1. The van der Waals surface area contributed by atoms with Gasteiger partial charge in [-0.15, -0.1) is 0 Å². The van der Waals surface area contributed by atoms with E-state index in [2.05, 4.69) is 10.6 Å². The molecule has 184 valence electrons. The lowest BCUT2D eigenvalue weighted by Gasteiger charge is -2.25. The topological polar surface area (TPSA) is 125 Å². The number of aliphatic hydroxyl groups excluding tert-OH is 1. The normalized spacial score (nSPS) is 13.6. The third-order valence-electron chi connectivity index (χ3n) is 5.20. The maximum atomic E-state index is 13.7. The van der Waals surface area contributed by atoms with E-state index in [0.29, 0.717) is 12.0 Å². The highest BCUT2D eigenvalue weighted by molar-refractivity contribution is 5.97. The van der Waals surface area contributed by atoms with Gasteiger partial charge in [0.1, 0.15) is 17.6 Å². The smallest absolute Gasteiger partial charge is 0.328 e. The van der Waals surface area contributed by atoms with Crippen LogP contribution in [0, 0.1) is 11.7 Å². The summed E-state index contributed by atoms with van der Waals surface area (Å²) in [5, 5.41) is 26.0. The minimum absolute atomic E-state index is 0.00826. The number of amides is 2. The first-order valence-corrected chi connectivity index (χ1v) is 11.0. The molecule has 9 heteroatoms. The molecular weight excluding hydrogens is 443 g/mol. The number of methoxy groups -OCH3 is 1. The van der Waals surface area contributed by atoms with Gasteiger partial charge in [0.2, 0.25) is 5.91 Å². The van der Waals surface area contributed by atoms with Gasteiger partial charge in [-0.05, 0) is 48.6 Å². The fourth-order valence-electron chi connectivity index (χ4n) is 3.53. The lowest BCUT2D eigenvalue weighted by Crippen LogP contribution is -2.48. The van der Waals surface area contributed by atoms with Crippen LogP contribution in [0.5, 0.6) is 5.75 Å². The average Bonchev–Trinajstić information content (AvgIpc) is 2.77. The zero-order chi connectivity index (χ0) is 25.3. The summed E-state index contributed by atoms with van der Waals surface area (Å²) >= 11 is 0. The Morgan fingerprint density at radius 1 is 1.06 bits per heavy atom. The SMILES string of the molecule is COC(=O)[C@H](CC(C)C)NC(=O)C[C@H](O)[C@H](Cc1cccc(F)c1)NC(=O)c1ccccc1O. The van der Waals surface area contributed by atoms with Crippen LogP contribution in [0.2, 0.25) is 0 Å². The van der Waals surface area contributed by atoms with E-state index >= 15 is 0 Å². The van der Waals surface area contributed by atoms with Crippen molar-refractivity contribution in [1.82, 2.24) is 10.6 Å². The zero-order valence-electron chi connectivity index (χ0n) is 19.5. The second-order valence-electron chi connectivity index (χ2n) is 8.48. The number of hydrogen-bond donors (Lipinski definition) is 4. The molecule has 0 fully saturated rings. The van der Waals surface area contributed by atoms with Crippen LogP contribution in [0.25, 0.3) is 0 Å². The molecule has 0 saturated heterocycles. The number of halogens is 1. The molecule has 8 nitrogen and oxygen atoms in total. The molecule has 0 radical (unpaired) electrons. The van der Waals surface area contributed by atoms with Gasteiger partial charge in [0.05, 0.1) is 31.2 Å². The number of phenolic OH excluding ortho intramolecular Hbond substituents is 1. The van der Waals surface area contributed by atoms with Gasteiger partial charge >= 0.3 is 5.97 Å². The summed E-state index contributed by atoms with van der Waals surface area (Å²) in [4.78, 5) is 37.3. The first kappa shape index (κ1) is 26.8. The van der Waals surface area contributed by atoms with Crippen LogP contribution in [0.4, 0.5) is 4.39 Å². The largest absolute Gasteiger partial charge is 0.507 e. The number of rotatable bonds is 11. The minimum Gasteiger partial charge on any atom is -0.507 e. The molecule has 0 bridgehead atoms. The van der Waals surface area contributed by atoms with Gasteiger partial charge in [0.15, 0.2) is 0 Å². The first-order chi connectivity index (χ1) is 16.1. The standard InChI is InChI=1S/C25H31FN2O6/c1-15(2)11-20(25(33)34-3)27-23(31)14-22(30)19(13-16-7-6-8-17(26)12-16)28-24(32)18-9-4-5-10-21(18)29/h4-10,12,15,19-20,22,29-30H,11,13-14H2,1-3H3,(H,27,31)(H,28,32)/t19-,20-,22-/m0/s1. The molecule has 0 aliphatic heterocycles. The molecule has 0 unspecified atom stereocenters. The number of para-hydroxylation sites is 1. The Labute approximate surface area is 198 Å². The molecule has 0 aromatic heterocycles. The van der Waals surface area contributed by atoms with Crippen LogP contribution in [0.3, 0.4) is 0 Å². The maximum absolute atomic E-state index is 13.7. The van der Waals surface area contributed by atoms with Crippen molar-refractivity contribution >= 4 is 17.8 Å². The van der Waals surface area contributed by atoms with Crippen LogP contribution < -0.4 is 10.6 Å². The summed E-state index contributed by atoms with van der Waals surface area (Å²) in [6.07, 6.45) is -1.41. The fourth-order valence-corrected chi connectivity index (χ4v) is 3.53. The van der Waals surface area contributed by atoms with E-state index in [4.69, 9.17) is 4.74 Å². The molecule has 0 aliphatic rings. The molecule has 0 aliphatic carbocycles. The lowest BCUT2D eigenvalue weighted by atomic mass is 9.97. The van der Waals surface area contributed by atoms with Crippen molar-refractivity contribution < 1.29 is 33.7 Å². The number of benzene rings is 2. The predicted octanol–water partition coefficient (Wildman–Crippen LogP) is 2.33. The predicted molar refractivity (Wildman–Crippen MR) is 123 cm³/mol. The monoisotopic (exact) mass is 474 g/mol. The number of esters is 1. The van der Waals surface area contributed by atoms with E-state index < -0.39 is 48.2 Å². The van der Waals surface area contributed by atoms with E-state index in [9.17, 15) is 29.0 Å². The Kier molecular flexibility index (Phi) is 10.0. The molecule has 2 aromatic rings. The number of carbonyl (C=O) groups excluding carboxylic acids is 3. The van der Waals surface area contributed by atoms with Crippen molar-refractivity contribution in [2.24, 2.45) is 5.92 Å². The molecule has 0 saturated carbocycles. The Morgan fingerprint density at radius 2 is 1.76 bits per heavy atom. The van der Waals surface area contributed by atoms with Gasteiger partial charge in [-0.3, -0.25) is 9.59 Å². The summed E-state index contributed by atoms with van der Waals surface area (Å²) in [7, 11) is 1.22. The maximum Gasteiger partial charge on any atom is 0.328 e. The summed E-state index contributed by atoms with van der Waals surface area (Å²) in [5.74, 6) is -2.49. The number of hydrogen-bond acceptors (Lipinski definition) is 6. The Hall–Kier alpha value is -3.46. The van der Waals surface area contributed by atoms with Crippen LogP contribution in [-0.2, 0) is 20.7 Å². The molecule has 2 rings (SSSR count). The second kappa shape index (κ2) is 12.7. The van der Waals surface area contributed by atoms with E-state index in [1.165, 1.54) is 37.4 Å². The number of carbonyl (C=O) groups is 3. The summed E-state index contributed by atoms with van der Waals surface area (Å²) in [5.41, 5.74) is 0.486. The van der Waals surface area contributed by atoms with E-state index in [1.807, 2.05) is 13.8 Å². The summed E-state index contributed by atoms with van der Waals surface area (Å²) in [6.45, 7) is 3.78. The highest BCUT2D eigenvalue weighted by Crippen LogP contribution is 2.17. The number of aliphatic hydroxyl groups is 1. The van der Waals surface area contributed by atoms with E-state index in [-0.39, 0.29) is 23.7 Å². The van der Waals surface area contributed by atoms with Gasteiger partial charge in [-0.1, -0.05) is 38.1 Å². The molecular formula is C25H31FN2O6. The molecule has 3 atom stereocenters. The Balaban J connectivity index is 2.18. The van der Waals surface area contributed by atoms with Crippen molar-refractivity contribution in [2.45, 2.75) is 51.3 Å². The van der Waals surface area contributed by atoms with E-state index in [1.54, 1.807) is 18.2 Å². The van der Waals surface area contributed by atoms with Crippen molar-refractivity contribution in [3.63, 3.8) is 0 Å². The highest BCUT2D eigenvalue weighted by atomic mass is 19.1. The number of aromatic hydroxyl groups is 1. The Morgan fingerprint density at radius 3 is 2.38 bits per heavy atom. The second-order valence-corrected chi connectivity index (χ2v) is 8.48. The average molecular weight is 475 g/mol. The van der Waals surface area contributed by atoms with Crippen molar-refractivity contribution in [3.05, 3.63) is 65.5 Å². The van der Waals surface area contributed by atoms with Crippen LogP contribution in [0.15, 0.2) is 48.5 Å². The lowest BCUT2D eigenvalue weighted by molar-refractivity contribution is -0.145. The molecule has 2 amide bonds. The van der Waals surface area contributed by atoms with Crippen molar-refractivity contribution in [2.75, 3.05) is 7.11 Å². The van der Waals surface area contributed by atoms with Gasteiger partial charge in [0.25, 0.3) is 5.91 Å². The van der Waals surface area contributed by atoms with Crippen molar-refractivity contribution in [3.8, 4) is 5.75 Å². The Bertz CT molecular complexity index is 997. The third-order valence-corrected chi connectivity index (χ3v) is 5.20. The zero-order valence-corrected chi connectivity index (χ0v) is 19.5. The first-order valence-electron chi connectivity index (χ1n) is 11.0. The minimum atomic E-state index is -1.37. The molecule has 4 N–H and O–H groups in total. The molecule has 0 spiro atoms. The van der Waals surface area contributed by atoms with E-state index in [0.717, 1.165) is 0 Å². The molecule has 34 heavy (non-hydrogen) atoms. The quantitative estimate of drug-likeness (QED) is 0.371. The molecule has 0 heterocycles. The number of ether oxygens (including phenoxy) is 1. The number of nitrogens with one attached hydrogen (secondary N) is 2. The van der Waals surface area contributed by atoms with Crippen LogP contribution >= 0.6 is 0 Å². The summed E-state index contributed by atoms with van der Waals surface area (Å²) in [6, 6.07) is 9.70. The van der Waals surface area contributed by atoms with Gasteiger partial charge in [-0.2, -0.15) is 0 Å². The van der Waals surface area contributed by atoms with Gasteiger partial charge < -0.3 is 25.6 Å². The fraction of sp³-hybridized carbons (Fsp3) is 0.400. The molecule has 2 aromatic carbocycles. The van der Waals surface area contributed by atoms with Gasteiger partial charge in [0, 0.05) is 0 Å². The van der Waals surface area contributed by atoms with Gasteiger partial charge in [-0.25, -0.2) is 9.18 Å². The third kappa shape index (κ3) is 8.15.